The summed E-state index contributed by atoms with van der Waals surface area (Å²) in [5.74, 6) is -0.639. The Bertz CT molecular complexity index is 805. The SMILES string of the molecule is CC(NC(=O)c1ccccc1)C(=O)N1CCN(C(=O)c2cnccn2)CC1. The number of hydrogen-bond donors (Lipinski definition) is 1. The van der Waals surface area contributed by atoms with Crippen LogP contribution in [0.25, 0.3) is 0 Å². The summed E-state index contributed by atoms with van der Waals surface area (Å²) in [6.45, 7) is 3.33. The number of piperazine rings is 1. The predicted octanol–water partition coefficient (Wildman–Crippen LogP) is 0.579. The summed E-state index contributed by atoms with van der Waals surface area (Å²) < 4.78 is 0. The summed E-state index contributed by atoms with van der Waals surface area (Å²) in [7, 11) is 0. The van der Waals surface area contributed by atoms with Crippen molar-refractivity contribution < 1.29 is 14.4 Å². The standard InChI is InChI=1S/C19H21N5O3/c1-14(22-17(25)15-5-3-2-4-6-15)18(26)23-9-11-24(12-10-23)19(27)16-13-20-7-8-21-16/h2-8,13-14H,9-12H2,1H3,(H,22,25). The van der Waals surface area contributed by atoms with E-state index in [2.05, 4.69) is 15.3 Å². The highest BCUT2D eigenvalue weighted by molar-refractivity contribution is 5.97. The Morgan fingerprint density at radius 1 is 1.00 bits per heavy atom. The van der Waals surface area contributed by atoms with Gasteiger partial charge in [0.1, 0.15) is 11.7 Å². The van der Waals surface area contributed by atoms with Crippen molar-refractivity contribution in [1.82, 2.24) is 25.1 Å². The van der Waals surface area contributed by atoms with E-state index >= 15 is 0 Å². The minimum absolute atomic E-state index is 0.161. The topological polar surface area (TPSA) is 95.5 Å². The van der Waals surface area contributed by atoms with Gasteiger partial charge < -0.3 is 15.1 Å². The smallest absolute Gasteiger partial charge is 0.274 e. The van der Waals surface area contributed by atoms with Crippen LogP contribution >= 0.6 is 0 Å². The monoisotopic (exact) mass is 367 g/mol. The van der Waals surface area contributed by atoms with Crippen LogP contribution in [0, 0.1) is 0 Å². The molecule has 3 amide bonds. The molecule has 1 fully saturated rings. The maximum Gasteiger partial charge on any atom is 0.274 e. The Morgan fingerprint density at radius 3 is 2.30 bits per heavy atom. The van der Waals surface area contributed by atoms with Crippen LogP contribution in [0.4, 0.5) is 0 Å². The second-order valence-electron chi connectivity index (χ2n) is 6.27. The van der Waals surface area contributed by atoms with Gasteiger partial charge in [-0.05, 0) is 19.1 Å². The van der Waals surface area contributed by atoms with Crippen molar-refractivity contribution in [3.8, 4) is 0 Å². The van der Waals surface area contributed by atoms with Gasteiger partial charge in [0.15, 0.2) is 0 Å². The average Bonchev–Trinajstić information content (AvgIpc) is 2.74. The first-order valence-electron chi connectivity index (χ1n) is 8.76. The molecule has 0 aliphatic carbocycles. The first-order chi connectivity index (χ1) is 13.1. The fourth-order valence-corrected chi connectivity index (χ4v) is 2.91. The molecule has 1 saturated heterocycles. The van der Waals surface area contributed by atoms with Crippen molar-refractivity contribution in [2.45, 2.75) is 13.0 Å². The Kier molecular flexibility index (Phi) is 5.75. The number of hydrogen-bond acceptors (Lipinski definition) is 5. The molecule has 3 rings (SSSR count). The van der Waals surface area contributed by atoms with E-state index in [0.29, 0.717) is 37.4 Å². The van der Waals surface area contributed by atoms with Gasteiger partial charge in [-0.25, -0.2) is 4.98 Å². The molecule has 1 aromatic carbocycles. The van der Waals surface area contributed by atoms with Crippen molar-refractivity contribution in [3.63, 3.8) is 0 Å². The number of nitrogens with zero attached hydrogens (tertiary/aromatic N) is 4. The van der Waals surface area contributed by atoms with Crippen LogP contribution < -0.4 is 5.32 Å². The van der Waals surface area contributed by atoms with E-state index in [1.54, 1.807) is 41.0 Å². The number of carbonyl (C=O) groups excluding carboxylic acids is 3. The number of carbonyl (C=O) groups is 3. The fourth-order valence-electron chi connectivity index (χ4n) is 2.91. The van der Waals surface area contributed by atoms with E-state index in [9.17, 15) is 14.4 Å². The summed E-state index contributed by atoms with van der Waals surface area (Å²) in [5.41, 5.74) is 0.803. The fraction of sp³-hybridized carbons (Fsp3) is 0.316. The molecule has 1 aliphatic heterocycles. The third kappa shape index (κ3) is 4.46. The van der Waals surface area contributed by atoms with E-state index in [1.165, 1.54) is 18.6 Å². The van der Waals surface area contributed by atoms with Crippen molar-refractivity contribution in [1.29, 1.82) is 0 Å². The molecule has 1 unspecified atom stereocenters. The number of aromatic nitrogens is 2. The van der Waals surface area contributed by atoms with Crippen LogP contribution in [-0.4, -0.2) is 69.7 Å². The van der Waals surface area contributed by atoms with Crippen molar-refractivity contribution in [2.75, 3.05) is 26.2 Å². The van der Waals surface area contributed by atoms with Gasteiger partial charge in [0, 0.05) is 44.1 Å². The molecule has 1 atom stereocenters. The normalized spacial score (nSPS) is 15.1. The largest absolute Gasteiger partial charge is 0.341 e. The maximum absolute atomic E-state index is 12.6. The molecule has 2 heterocycles. The quantitative estimate of drug-likeness (QED) is 0.853. The Labute approximate surface area is 157 Å². The van der Waals surface area contributed by atoms with E-state index in [1.807, 2.05) is 6.07 Å². The van der Waals surface area contributed by atoms with Gasteiger partial charge in [-0.1, -0.05) is 18.2 Å². The molecule has 0 radical (unpaired) electrons. The highest BCUT2D eigenvalue weighted by Crippen LogP contribution is 2.08. The minimum atomic E-state index is -0.639. The van der Waals surface area contributed by atoms with Gasteiger partial charge in [-0.3, -0.25) is 19.4 Å². The van der Waals surface area contributed by atoms with Gasteiger partial charge in [-0.15, -0.1) is 0 Å². The zero-order valence-corrected chi connectivity index (χ0v) is 15.0. The predicted molar refractivity (Wildman–Crippen MR) is 97.9 cm³/mol. The molecule has 1 aliphatic rings. The lowest BCUT2D eigenvalue weighted by molar-refractivity contribution is -0.134. The molecule has 8 heteroatoms. The molecule has 27 heavy (non-hydrogen) atoms. The van der Waals surface area contributed by atoms with Crippen LogP contribution in [-0.2, 0) is 4.79 Å². The number of rotatable bonds is 4. The van der Waals surface area contributed by atoms with Crippen LogP contribution in [0.5, 0.6) is 0 Å². The number of amides is 3. The van der Waals surface area contributed by atoms with Gasteiger partial charge in [-0.2, -0.15) is 0 Å². The lowest BCUT2D eigenvalue weighted by atomic mass is 10.2. The lowest BCUT2D eigenvalue weighted by Gasteiger charge is -2.35. The Hall–Kier alpha value is -3.29. The molecule has 2 aromatic rings. The van der Waals surface area contributed by atoms with Crippen LogP contribution in [0.1, 0.15) is 27.8 Å². The molecule has 8 nitrogen and oxygen atoms in total. The second kappa shape index (κ2) is 8.39. The molecule has 140 valence electrons. The molecular formula is C19H21N5O3. The molecule has 1 aromatic heterocycles. The highest BCUT2D eigenvalue weighted by Gasteiger charge is 2.28. The first kappa shape index (κ1) is 18.5. The van der Waals surface area contributed by atoms with E-state index in [0.717, 1.165) is 0 Å². The van der Waals surface area contributed by atoms with E-state index in [-0.39, 0.29) is 17.7 Å². The van der Waals surface area contributed by atoms with Crippen molar-refractivity contribution >= 4 is 17.7 Å². The summed E-state index contributed by atoms with van der Waals surface area (Å²) >= 11 is 0. The molecular weight excluding hydrogens is 346 g/mol. The Balaban J connectivity index is 1.52. The Morgan fingerprint density at radius 2 is 1.67 bits per heavy atom. The third-order valence-corrected chi connectivity index (χ3v) is 4.41. The zero-order chi connectivity index (χ0) is 19.2. The second-order valence-corrected chi connectivity index (χ2v) is 6.27. The van der Waals surface area contributed by atoms with Crippen LogP contribution in [0.2, 0.25) is 0 Å². The average molecular weight is 367 g/mol. The first-order valence-corrected chi connectivity index (χ1v) is 8.76. The minimum Gasteiger partial charge on any atom is -0.341 e. The summed E-state index contributed by atoms with van der Waals surface area (Å²) in [6.07, 6.45) is 4.42. The summed E-state index contributed by atoms with van der Waals surface area (Å²) in [5, 5.41) is 2.72. The highest BCUT2D eigenvalue weighted by atomic mass is 16.2. The number of nitrogens with one attached hydrogen (secondary N) is 1. The van der Waals surface area contributed by atoms with E-state index in [4.69, 9.17) is 0 Å². The van der Waals surface area contributed by atoms with Gasteiger partial charge in [0.05, 0.1) is 6.20 Å². The van der Waals surface area contributed by atoms with Gasteiger partial charge >= 0.3 is 0 Å². The van der Waals surface area contributed by atoms with Crippen molar-refractivity contribution in [3.05, 3.63) is 60.2 Å². The molecule has 0 spiro atoms. The lowest BCUT2D eigenvalue weighted by Crippen LogP contribution is -2.55. The van der Waals surface area contributed by atoms with Gasteiger partial charge in [0.2, 0.25) is 5.91 Å². The van der Waals surface area contributed by atoms with Crippen LogP contribution in [0.15, 0.2) is 48.9 Å². The van der Waals surface area contributed by atoms with Crippen molar-refractivity contribution in [2.24, 2.45) is 0 Å². The molecule has 0 saturated carbocycles. The molecule has 1 N–H and O–H groups in total. The van der Waals surface area contributed by atoms with E-state index < -0.39 is 6.04 Å². The summed E-state index contributed by atoms with van der Waals surface area (Å²) in [4.78, 5) is 48.4. The maximum atomic E-state index is 12.6. The number of benzene rings is 1. The van der Waals surface area contributed by atoms with Gasteiger partial charge in [0.25, 0.3) is 11.8 Å². The zero-order valence-electron chi connectivity index (χ0n) is 15.0. The third-order valence-electron chi connectivity index (χ3n) is 4.41. The summed E-state index contributed by atoms with van der Waals surface area (Å²) in [6, 6.07) is 8.13. The van der Waals surface area contributed by atoms with Crippen LogP contribution in [0.3, 0.4) is 0 Å². The molecule has 0 bridgehead atoms.